The quantitative estimate of drug-likeness (QED) is 0.412. The Morgan fingerprint density at radius 1 is 0.889 bits per heavy atom. The number of methoxy groups -OCH3 is 2. The van der Waals surface area contributed by atoms with Gasteiger partial charge in [0.2, 0.25) is 5.91 Å². The van der Waals surface area contributed by atoms with Crippen LogP contribution in [0.15, 0.2) is 72.8 Å². The molecule has 0 aromatic heterocycles. The molecule has 2 amide bonds. The first-order chi connectivity index (χ1) is 17.4. The maximum absolute atomic E-state index is 13.5. The number of rotatable bonds is 12. The number of amides is 2. The zero-order valence-corrected chi connectivity index (χ0v) is 20.7. The highest BCUT2D eigenvalue weighted by atomic mass is 19.1. The second-order valence-electron chi connectivity index (χ2n) is 8.09. The Hall–Kier alpha value is -4.07. The maximum Gasteiger partial charge on any atom is 0.261 e. The number of carbonyl (C=O) groups is 2. The highest BCUT2D eigenvalue weighted by molar-refractivity contribution is 5.88. The Bertz CT molecular complexity index is 1120. The van der Waals surface area contributed by atoms with E-state index < -0.39 is 11.9 Å². The molecule has 0 aliphatic heterocycles. The number of hydrogen-bond acceptors (Lipinski definition) is 5. The van der Waals surface area contributed by atoms with Gasteiger partial charge in [-0.1, -0.05) is 42.5 Å². The van der Waals surface area contributed by atoms with Crippen molar-refractivity contribution in [2.24, 2.45) is 0 Å². The summed E-state index contributed by atoms with van der Waals surface area (Å²) in [6.45, 7) is 2.03. The molecule has 0 fully saturated rings. The second-order valence-corrected chi connectivity index (χ2v) is 8.09. The van der Waals surface area contributed by atoms with Gasteiger partial charge < -0.3 is 24.4 Å². The van der Waals surface area contributed by atoms with Crippen LogP contribution in [-0.2, 0) is 22.6 Å². The lowest BCUT2D eigenvalue weighted by Crippen LogP contribution is -2.51. The van der Waals surface area contributed by atoms with E-state index in [-0.39, 0.29) is 24.9 Å². The lowest BCUT2D eigenvalue weighted by molar-refractivity contribution is -0.142. The summed E-state index contributed by atoms with van der Waals surface area (Å²) in [5, 5.41) is 2.83. The molecule has 0 heterocycles. The van der Waals surface area contributed by atoms with Crippen LogP contribution in [0.3, 0.4) is 0 Å². The van der Waals surface area contributed by atoms with E-state index in [1.165, 1.54) is 31.3 Å². The van der Waals surface area contributed by atoms with Crippen molar-refractivity contribution in [3.63, 3.8) is 0 Å². The van der Waals surface area contributed by atoms with Crippen LogP contribution in [0.1, 0.15) is 18.1 Å². The standard InChI is InChI=1S/C28H31FN2O5/c1-4-30-28(33)26(14-20-8-6-5-7-9-20)31(18-21-10-12-22(29)13-11-21)27(32)19-36-25-16-23(34-2)15-24(17-25)35-3/h5-13,15-17,26H,4,14,18-19H2,1-3H3,(H,30,33)/t26-/m0/s1. The van der Waals surface area contributed by atoms with Gasteiger partial charge in [-0.2, -0.15) is 0 Å². The van der Waals surface area contributed by atoms with E-state index in [1.807, 2.05) is 37.3 Å². The highest BCUT2D eigenvalue weighted by Crippen LogP contribution is 2.27. The molecule has 1 atom stereocenters. The van der Waals surface area contributed by atoms with Gasteiger partial charge in [0, 0.05) is 37.7 Å². The molecule has 3 rings (SSSR count). The number of benzene rings is 3. The summed E-state index contributed by atoms with van der Waals surface area (Å²) in [5.74, 6) is 0.372. The van der Waals surface area contributed by atoms with Gasteiger partial charge in [0.1, 0.15) is 29.1 Å². The summed E-state index contributed by atoms with van der Waals surface area (Å²) in [6.07, 6.45) is 0.312. The van der Waals surface area contributed by atoms with Crippen LogP contribution in [-0.4, -0.2) is 50.1 Å². The van der Waals surface area contributed by atoms with E-state index in [9.17, 15) is 14.0 Å². The Morgan fingerprint density at radius 2 is 1.50 bits per heavy atom. The minimum atomic E-state index is -0.798. The van der Waals surface area contributed by atoms with Crippen molar-refractivity contribution in [2.45, 2.75) is 25.9 Å². The number of halogens is 1. The molecule has 1 N–H and O–H groups in total. The first-order valence-corrected chi connectivity index (χ1v) is 11.6. The van der Waals surface area contributed by atoms with E-state index in [4.69, 9.17) is 14.2 Å². The molecule has 36 heavy (non-hydrogen) atoms. The fraction of sp³-hybridized carbons (Fsp3) is 0.286. The molecule has 0 unspecified atom stereocenters. The number of hydrogen-bond donors (Lipinski definition) is 1. The third-order valence-electron chi connectivity index (χ3n) is 5.58. The summed E-state index contributed by atoms with van der Waals surface area (Å²) < 4.78 is 29.8. The zero-order valence-electron chi connectivity index (χ0n) is 20.7. The molecule has 0 bridgehead atoms. The lowest BCUT2D eigenvalue weighted by Gasteiger charge is -2.31. The minimum Gasteiger partial charge on any atom is -0.496 e. The smallest absolute Gasteiger partial charge is 0.261 e. The molecule has 0 spiro atoms. The Balaban J connectivity index is 1.89. The van der Waals surface area contributed by atoms with E-state index in [2.05, 4.69) is 5.32 Å². The van der Waals surface area contributed by atoms with Crippen molar-refractivity contribution in [3.8, 4) is 17.2 Å². The van der Waals surface area contributed by atoms with Gasteiger partial charge in [-0.15, -0.1) is 0 Å². The SMILES string of the molecule is CCNC(=O)[C@H](Cc1ccccc1)N(Cc1ccc(F)cc1)C(=O)COc1cc(OC)cc(OC)c1. The van der Waals surface area contributed by atoms with Gasteiger partial charge >= 0.3 is 0 Å². The molecule has 190 valence electrons. The fourth-order valence-corrected chi connectivity index (χ4v) is 3.73. The molecule has 0 aliphatic carbocycles. The number of likely N-dealkylation sites (N-methyl/N-ethyl adjacent to an activating group) is 1. The van der Waals surface area contributed by atoms with E-state index in [0.29, 0.717) is 35.8 Å². The van der Waals surface area contributed by atoms with Crippen molar-refractivity contribution in [2.75, 3.05) is 27.4 Å². The van der Waals surface area contributed by atoms with E-state index in [1.54, 1.807) is 30.3 Å². The van der Waals surface area contributed by atoms with E-state index in [0.717, 1.165) is 5.56 Å². The fourth-order valence-electron chi connectivity index (χ4n) is 3.73. The van der Waals surface area contributed by atoms with Crippen molar-refractivity contribution in [3.05, 3.63) is 89.7 Å². The first-order valence-electron chi connectivity index (χ1n) is 11.6. The third kappa shape index (κ3) is 7.46. The number of ether oxygens (including phenoxy) is 3. The van der Waals surface area contributed by atoms with Crippen LogP contribution in [0.5, 0.6) is 17.2 Å². The van der Waals surface area contributed by atoms with Crippen molar-refractivity contribution in [1.82, 2.24) is 10.2 Å². The monoisotopic (exact) mass is 494 g/mol. The number of nitrogens with one attached hydrogen (secondary N) is 1. The van der Waals surface area contributed by atoms with Crippen LogP contribution in [0, 0.1) is 5.82 Å². The van der Waals surface area contributed by atoms with Crippen LogP contribution in [0.25, 0.3) is 0 Å². The molecule has 8 heteroatoms. The van der Waals surface area contributed by atoms with Gasteiger partial charge in [0.05, 0.1) is 14.2 Å². The number of carbonyl (C=O) groups excluding carboxylic acids is 2. The lowest BCUT2D eigenvalue weighted by atomic mass is 10.0. The third-order valence-corrected chi connectivity index (χ3v) is 5.58. The molecule has 7 nitrogen and oxygen atoms in total. The van der Waals surface area contributed by atoms with Crippen molar-refractivity contribution in [1.29, 1.82) is 0 Å². The molecule has 0 saturated heterocycles. The zero-order chi connectivity index (χ0) is 25.9. The predicted octanol–water partition coefficient (Wildman–Crippen LogP) is 4.00. The van der Waals surface area contributed by atoms with Gasteiger partial charge in [-0.25, -0.2) is 4.39 Å². The summed E-state index contributed by atoms with van der Waals surface area (Å²) in [5.41, 5.74) is 1.60. The molecule has 0 saturated carbocycles. The number of nitrogens with zero attached hydrogens (tertiary/aromatic N) is 1. The summed E-state index contributed by atoms with van der Waals surface area (Å²) in [4.78, 5) is 28.1. The average Bonchev–Trinajstić information content (AvgIpc) is 2.90. The second kappa shape index (κ2) is 13.1. The summed E-state index contributed by atoms with van der Waals surface area (Å²) >= 11 is 0. The van der Waals surface area contributed by atoms with Crippen LogP contribution in [0.2, 0.25) is 0 Å². The van der Waals surface area contributed by atoms with Gasteiger partial charge in [0.25, 0.3) is 5.91 Å². The van der Waals surface area contributed by atoms with Crippen LogP contribution < -0.4 is 19.5 Å². The van der Waals surface area contributed by atoms with Crippen molar-refractivity contribution >= 4 is 11.8 Å². The maximum atomic E-state index is 13.5. The highest BCUT2D eigenvalue weighted by Gasteiger charge is 2.30. The van der Waals surface area contributed by atoms with E-state index >= 15 is 0 Å². The Labute approximate surface area is 210 Å². The largest absolute Gasteiger partial charge is 0.496 e. The predicted molar refractivity (Wildman–Crippen MR) is 135 cm³/mol. The summed E-state index contributed by atoms with van der Waals surface area (Å²) in [6, 6.07) is 19.5. The molecule has 0 aliphatic rings. The Morgan fingerprint density at radius 3 is 2.08 bits per heavy atom. The molecule has 3 aromatic rings. The topological polar surface area (TPSA) is 77.1 Å². The van der Waals surface area contributed by atoms with Crippen LogP contribution >= 0.6 is 0 Å². The van der Waals surface area contributed by atoms with Gasteiger partial charge in [-0.05, 0) is 30.2 Å². The normalized spacial score (nSPS) is 11.3. The van der Waals surface area contributed by atoms with Gasteiger partial charge in [-0.3, -0.25) is 9.59 Å². The molecule has 0 radical (unpaired) electrons. The minimum absolute atomic E-state index is 0.110. The van der Waals surface area contributed by atoms with Gasteiger partial charge in [0.15, 0.2) is 6.61 Å². The first kappa shape index (κ1) is 26.5. The average molecular weight is 495 g/mol. The molecule has 3 aromatic carbocycles. The summed E-state index contributed by atoms with van der Waals surface area (Å²) in [7, 11) is 3.04. The van der Waals surface area contributed by atoms with Crippen LogP contribution in [0.4, 0.5) is 4.39 Å². The Kier molecular flexibility index (Phi) is 9.68. The molecular weight excluding hydrogens is 463 g/mol. The van der Waals surface area contributed by atoms with Crippen molar-refractivity contribution < 1.29 is 28.2 Å². The molecular formula is C28H31FN2O5.